The van der Waals surface area contributed by atoms with Gasteiger partial charge in [0, 0.05) is 12.5 Å². The van der Waals surface area contributed by atoms with Crippen LogP contribution in [0.15, 0.2) is 18.2 Å². The third-order valence-corrected chi connectivity index (χ3v) is 7.99. The van der Waals surface area contributed by atoms with Crippen LogP contribution in [0.5, 0.6) is 11.6 Å². The van der Waals surface area contributed by atoms with Crippen molar-refractivity contribution in [3.63, 3.8) is 0 Å². The number of carbonyl (C=O) groups is 3. The zero-order valence-corrected chi connectivity index (χ0v) is 25.6. The number of fused-ring (bicyclic) bond motifs is 1. The van der Waals surface area contributed by atoms with E-state index >= 15 is 0 Å². The highest BCUT2D eigenvalue weighted by molar-refractivity contribution is 5.91. The molecule has 1 saturated carbocycles. The van der Waals surface area contributed by atoms with E-state index in [9.17, 15) is 14.4 Å². The van der Waals surface area contributed by atoms with Crippen molar-refractivity contribution in [3.8, 4) is 11.6 Å². The van der Waals surface area contributed by atoms with Crippen molar-refractivity contribution < 1.29 is 33.3 Å². The number of aryl methyl sites for hydroxylation is 1. The number of aromatic nitrogens is 2. The number of carbonyl (C=O) groups excluding carboxylic acids is 3. The summed E-state index contributed by atoms with van der Waals surface area (Å²) in [5.74, 6) is 0.993. The van der Waals surface area contributed by atoms with E-state index in [4.69, 9.17) is 28.9 Å². The molecule has 2 aromatic rings. The lowest BCUT2D eigenvalue weighted by Crippen LogP contribution is -2.57. The Bertz CT molecular complexity index is 1270. The van der Waals surface area contributed by atoms with Crippen LogP contribution in [0.1, 0.15) is 71.4 Å². The fourth-order valence-corrected chi connectivity index (χ4v) is 5.38. The Labute approximate surface area is 247 Å². The summed E-state index contributed by atoms with van der Waals surface area (Å²) in [7, 11) is 4.12. The van der Waals surface area contributed by atoms with Crippen molar-refractivity contribution in [2.45, 2.75) is 90.3 Å². The zero-order valence-electron chi connectivity index (χ0n) is 25.6. The number of unbranched alkanes of at least 4 members (excludes halogenated alkanes) is 2. The number of amides is 2. The van der Waals surface area contributed by atoms with Crippen LogP contribution in [0, 0.1) is 11.3 Å². The van der Waals surface area contributed by atoms with Gasteiger partial charge in [-0.25, -0.2) is 19.6 Å². The molecule has 1 N–H and O–H groups in total. The zero-order chi connectivity index (χ0) is 30.4. The van der Waals surface area contributed by atoms with E-state index in [1.54, 1.807) is 7.11 Å². The second-order valence-electron chi connectivity index (χ2n) is 12.3. The summed E-state index contributed by atoms with van der Waals surface area (Å²) in [4.78, 5) is 49.8. The molecule has 2 heterocycles. The quantitative estimate of drug-likeness (QED) is 0.284. The molecular weight excluding hydrogens is 540 g/mol. The fraction of sp³-hybridized carbons (Fsp3) is 0.645. The lowest BCUT2D eigenvalue weighted by molar-refractivity contribution is -0.152. The van der Waals surface area contributed by atoms with Gasteiger partial charge < -0.3 is 29.2 Å². The molecule has 11 nitrogen and oxygen atoms in total. The number of methoxy groups -OCH3 is 3. The lowest BCUT2D eigenvalue weighted by atomic mass is 9.85. The van der Waals surface area contributed by atoms with E-state index in [-0.39, 0.29) is 13.0 Å². The summed E-state index contributed by atoms with van der Waals surface area (Å²) >= 11 is 0. The van der Waals surface area contributed by atoms with E-state index in [0.29, 0.717) is 23.6 Å². The Morgan fingerprint density at radius 1 is 1.02 bits per heavy atom. The van der Waals surface area contributed by atoms with Gasteiger partial charge in [-0.1, -0.05) is 52.9 Å². The first-order chi connectivity index (χ1) is 20.0. The number of alkyl carbamates (subject to hydrolysis) is 1. The maximum absolute atomic E-state index is 13.8. The monoisotopic (exact) mass is 584 g/mol. The number of likely N-dealkylation sites (tertiary alicyclic amines) is 1. The molecule has 0 bridgehead atoms. The molecular formula is C31H44N4O7. The molecule has 11 heteroatoms. The Hall–Kier alpha value is -3.63. The minimum Gasteiger partial charge on any atom is -0.497 e. The largest absolute Gasteiger partial charge is 0.497 e. The van der Waals surface area contributed by atoms with Crippen LogP contribution in [0.2, 0.25) is 0 Å². The van der Waals surface area contributed by atoms with E-state index in [0.717, 1.165) is 30.0 Å². The van der Waals surface area contributed by atoms with Crippen LogP contribution in [-0.4, -0.2) is 78.9 Å². The summed E-state index contributed by atoms with van der Waals surface area (Å²) in [5.41, 5.74) is 1.47. The number of hydrogen-bond acceptors (Lipinski definition) is 9. The number of benzene rings is 1. The molecule has 1 aromatic heterocycles. The maximum atomic E-state index is 13.8. The van der Waals surface area contributed by atoms with Gasteiger partial charge in [0.05, 0.1) is 38.9 Å². The van der Waals surface area contributed by atoms with Crippen molar-refractivity contribution >= 4 is 29.0 Å². The van der Waals surface area contributed by atoms with Gasteiger partial charge in [0.2, 0.25) is 11.8 Å². The standard InChI is InChI=1S/C31H44N4O7/c1-31(2,3)26(34-30(38)41-6)28(36)35-18-21(17-25(35)29(37)40-5)42-27-23(11-9-7-8-10-19-12-13-19)32-22-15-14-20(39-4)16-24(22)33-27/h14-16,19,21,25-26H,7-13,17-18H2,1-6H3,(H,34,38)/t21-,25+,26-/m1/s1. The van der Waals surface area contributed by atoms with Crippen LogP contribution in [0.3, 0.4) is 0 Å². The van der Waals surface area contributed by atoms with Crippen LogP contribution in [0.25, 0.3) is 11.0 Å². The van der Waals surface area contributed by atoms with Gasteiger partial charge >= 0.3 is 12.1 Å². The first-order valence-electron chi connectivity index (χ1n) is 14.8. The highest BCUT2D eigenvalue weighted by Crippen LogP contribution is 2.34. The van der Waals surface area contributed by atoms with E-state index in [2.05, 4.69) is 5.32 Å². The highest BCUT2D eigenvalue weighted by Gasteiger charge is 2.46. The molecule has 0 spiro atoms. The molecule has 1 aromatic carbocycles. The molecule has 4 rings (SSSR count). The van der Waals surface area contributed by atoms with Crippen molar-refractivity contribution in [2.75, 3.05) is 27.9 Å². The van der Waals surface area contributed by atoms with E-state index in [1.807, 2.05) is 39.0 Å². The second kappa shape index (κ2) is 13.6. The van der Waals surface area contributed by atoms with Crippen molar-refractivity contribution in [1.29, 1.82) is 0 Å². The topological polar surface area (TPSA) is 129 Å². The van der Waals surface area contributed by atoms with E-state index in [1.165, 1.54) is 44.8 Å². The molecule has 2 amide bonds. The van der Waals surface area contributed by atoms with Crippen LogP contribution in [0.4, 0.5) is 4.79 Å². The lowest BCUT2D eigenvalue weighted by Gasteiger charge is -2.34. The number of esters is 1. The third kappa shape index (κ3) is 7.80. The van der Waals surface area contributed by atoms with Gasteiger partial charge in [-0.15, -0.1) is 0 Å². The highest BCUT2D eigenvalue weighted by atomic mass is 16.5. The molecule has 0 radical (unpaired) electrons. The van der Waals surface area contributed by atoms with Gasteiger partial charge in [-0.3, -0.25) is 4.79 Å². The molecule has 0 unspecified atom stereocenters. The summed E-state index contributed by atoms with van der Waals surface area (Å²) in [6.45, 7) is 5.61. The minimum atomic E-state index is -0.935. The summed E-state index contributed by atoms with van der Waals surface area (Å²) in [5, 5.41) is 2.63. The summed E-state index contributed by atoms with van der Waals surface area (Å²) in [6, 6.07) is 3.73. The van der Waals surface area contributed by atoms with Crippen molar-refractivity contribution in [2.24, 2.45) is 11.3 Å². The molecule has 2 fully saturated rings. The average Bonchev–Trinajstić information content (AvgIpc) is 3.70. The Kier molecular flexibility index (Phi) is 10.1. The minimum absolute atomic E-state index is 0.118. The molecule has 1 saturated heterocycles. The smallest absolute Gasteiger partial charge is 0.407 e. The molecule has 3 atom stereocenters. The predicted octanol–water partition coefficient (Wildman–Crippen LogP) is 4.44. The summed E-state index contributed by atoms with van der Waals surface area (Å²) in [6.07, 6.45) is 6.94. The number of hydrogen-bond donors (Lipinski definition) is 1. The van der Waals surface area contributed by atoms with Crippen LogP contribution >= 0.6 is 0 Å². The average molecular weight is 585 g/mol. The van der Waals surface area contributed by atoms with Gasteiger partial charge in [0.15, 0.2) is 0 Å². The molecule has 1 aliphatic carbocycles. The van der Waals surface area contributed by atoms with Crippen molar-refractivity contribution in [1.82, 2.24) is 20.2 Å². The second-order valence-corrected chi connectivity index (χ2v) is 12.3. The fourth-order valence-electron chi connectivity index (χ4n) is 5.38. The molecule has 42 heavy (non-hydrogen) atoms. The summed E-state index contributed by atoms with van der Waals surface area (Å²) < 4.78 is 21.6. The first-order valence-corrected chi connectivity index (χ1v) is 14.8. The van der Waals surface area contributed by atoms with Gasteiger partial charge in [0.25, 0.3) is 0 Å². The Balaban J connectivity index is 1.57. The SMILES string of the molecule is COC(=O)N[C@H](C(=O)N1C[C@H](Oc2nc3cc(OC)ccc3nc2CCCCCC2CC2)C[C@H]1C(=O)OC)C(C)(C)C. The van der Waals surface area contributed by atoms with Gasteiger partial charge in [-0.2, -0.15) is 0 Å². The number of rotatable bonds is 12. The van der Waals surface area contributed by atoms with Crippen LogP contribution < -0.4 is 14.8 Å². The van der Waals surface area contributed by atoms with Crippen molar-refractivity contribution in [3.05, 3.63) is 23.9 Å². The maximum Gasteiger partial charge on any atom is 0.407 e. The third-order valence-electron chi connectivity index (χ3n) is 7.99. The number of ether oxygens (including phenoxy) is 4. The van der Waals surface area contributed by atoms with E-state index < -0.39 is 41.6 Å². The Morgan fingerprint density at radius 3 is 2.43 bits per heavy atom. The van der Waals surface area contributed by atoms with Gasteiger partial charge in [-0.05, 0) is 36.3 Å². The molecule has 230 valence electrons. The number of nitrogens with one attached hydrogen (secondary N) is 1. The molecule has 2 aliphatic rings. The normalized spacial score (nSPS) is 19.3. The predicted molar refractivity (Wildman–Crippen MR) is 156 cm³/mol. The molecule has 1 aliphatic heterocycles. The van der Waals surface area contributed by atoms with Crippen LogP contribution in [-0.2, 0) is 25.5 Å². The Morgan fingerprint density at radius 2 is 1.79 bits per heavy atom. The first kappa shape index (κ1) is 31.3. The number of nitrogens with zero attached hydrogens (tertiary/aromatic N) is 3. The van der Waals surface area contributed by atoms with Gasteiger partial charge in [0.1, 0.15) is 29.6 Å².